The molecule has 0 aliphatic carbocycles. The number of hydrogen-bond donors (Lipinski definition) is 1. The first kappa shape index (κ1) is 19.3. The predicted molar refractivity (Wildman–Crippen MR) is 92.3 cm³/mol. The second kappa shape index (κ2) is 8.74. The summed E-state index contributed by atoms with van der Waals surface area (Å²) in [5.74, 6) is 0.942. The molecule has 0 radical (unpaired) electrons. The van der Waals surface area contributed by atoms with Gasteiger partial charge in [-0.05, 0) is 13.8 Å². The van der Waals surface area contributed by atoms with E-state index >= 15 is 0 Å². The van der Waals surface area contributed by atoms with Crippen LogP contribution in [0.4, 0.5) is 0 Å². The molecular formula is C16H31N5O2. The first-order valence-corrected chi connectivity index (χ1v) is 8.27. The highest BCUT2D eigenvalue weighted by molar-refractivity contribution is 5.85. The molecule has 7 nitrogen and oxygen atoms in total. The summed E-state index contributed by atoms with van der Waals surface area (Å²) in [6.07, 6.45) is 0. The molecule has 0 unspecified atom stereocenters. The quantitative estimate of drug-likeness (QED) is 0.593. The molecule has 1 saturated heterocycles. The number of guanidine groups is 1. The van der Waals surface area contributed by atoms with E-state index in [0.29, 0.717) is 13.1 Å². The normalized spacial score (nSPS) is 16.1. The molecule has 1 N–H and O–H groups in total. The number of carbonyl (C=O) groups is 2. The van der Waals surface area contributed by atoms with Crippen LogP contribution in [0.1, 0.15) is 27.7 Å². The number of rotatable bonds is 4. The second-order valence-electron chi connectivity index (χ2n) is 6.69. The van der Waals surface area contributed by atoms with Gasteiger partial charge in [-0.3, -0.25) is 9.59 Å². The molecule has 7 heteroatoms. The van der Waals surface area contributed by atoms with E-state index in [1.54, 1.807) is 14.1 Å². The summed E-state index contributed by atoms with van der Waals surface area (Å²) in [4.78, 5) is 33.8. The molecule has 0 bridgehead atoms. The molecule has 2 amide bonds. The Hall–Kier alpha value is -1.79. The van der Waals surface area contributed by atoms with Crippen molar-refractivity contribution in [1.82, 2.24) is 20.0 Å². The summed E-state index contributed by atoms with van der Waals surface area (Å²) in [5.41, 5.74) is 0. The number of nitrogens with one attached hydrogen (secondary N) is 1. The lowest BCUT2D eigenvalue weighted by Crippen LogP contribution is -2.55. The SMILES string of the molecule is CC(C)NC(=NCC(=O)N(C)C)N1CCN(C(=O)C(C)C)CC1. The Bertz CT molecular complexity index is 438. The minimum atomic E-state index is -0.0262. The minimum absolute atomic E-state index is 0.0262. The van der Waals surface area contributed by atoms with Crippen molar-refractivity contribution in [3.8, 4) is 0 Å². The summed E-state index contributed by atoms with van der Waals surface area (Å²) in [6, 6.07) is 0.235. The van der Waals surface area contributed by atoms with Gasteiger partial charge >= 0.3 is 0 Å². The van der Waals surface area contributed by atoms with E-state index in [1.165, 1.54) is 4.90 Å². The fourth-order valence-electron chi connectivity index (χ4n) is 2.28. The minimum Gasteiger partial charge on any atom is -0.354 e. The smallest absolute Gasteiger partial charge is 0.243 e. The van der Waals surface area contributed by atoms with Gasteiger partial charge in [0.05, 0.1) is 0 Å². The molecule has 0 saturated carbocycles. The standard InChI is InChI=1S/C16H31N5O2/c1-12(2)15(23)20-7-9-21(10-8-20)16(18-13(3)4)17-11-14(22)19(5)6/h12-13H,7-11H2,1-6H3,(H,17,18). The van der Waals surface area contributed by atoms with Gasteiger partial charge < -0.3 is 20.0 Å². The topological polar surface area (TPSA) is 68.2 Å². The largest absolute Gasteiger partial charge is 0.354 e. The number of likely N-dealkylation sites (N-methyl/N-ethyl adjacent to an activating group) is 1. The van der Waals surface area contributed by atoms with Gasteiger partial charge in [0.2, 0.25) is 11.8 Å². The van der Waals surface area contributed by atoms with Crippen LogP contribution in [0.3, 0.4) is 0 Å². The van der Waals surface area contributed by atoms with Crippen molar-refractivity contribution < 1.29 is 9.59 Å². The Kier molecular flexibility index (Phi) is 7.32. The van der Waals surface area contributed by atoms with Gasteiger partial charge in [-0.25, -0.2) is 4.99 Å². The third-order valence-corrected chi connectivity index (χ3v) is 3.67. The van der Waals surface area contributed by atoms with Crippen LogP contribution in [0.25, 0.3) is 0 Å². The Balaban J connectivity index is 2.69. The van der Waals surface area contributed by atoms with Crippen LogP contribution in [-0.2, 0) is 9.59 Å². The van der Waals surface area contributed by atoms with Crippen molar-refractivity contribution in [2.45, 2.75) is 33.7 Å². The molecule has 0 atom stereocenters. The summed E-state index contributed by atoms with van der Waals surface area (Å²) >= 11 is 0. The van der Waals surface area contributed by atoms with E-state index in [4.69, 9.17) is 0 Å². The maximum Gasteiger partial charge on any atom is 0.243 e. The number of amides is 2. The molecule has 0 aromatic carbocycles. The third-order valence-electron chi connectivity index (χ3n) is 3.67. The molecule has 1 fully saturated rings. The van der Waals surface area contributed by atoms with Crippen LogP contribution >= 0.6 is 0 Å². The average molecular weight is 325 g/mol. The van der Waals surface area contributed by atoms with Crippen LogP contribution in [0.15, 0.2) is 4.99 Å². The first-order chi connectivity index (χ1) is 10.7. The van der Waals surface area contributed by atoms with Crippen LogP contribution < -0.4 is 5.32 Å². The number of carbonyl (C=O) groups excluding carboxylic acids is 2. The Labute approximate surface area is 139 Å². The molecule has 23 heavy (non-hydrogen) atoms. The van der Waals surface area contributed by atoms with Crippen LogP contribution in [0.5, 0.6) is 0 Å². The summed E-state index contributed by atoms with van der Waals surface area (Å²) in [5, 5.41) is 3.31. The maximum absolute atomic E-state index is 12.1. The maximum atomic E-state index is 12.1. The number of hydrogen-bond acceptors (Lipinski definition) is 3. The molecular weight excluding hydrogens is 294 g/mol. The zero-order valence-corrected chi connectivity index (χ0v) is 15.3. The van der Waals surface area contributed by atoms with E-state index in [0.717, 1.165) is 19.0 Å². The lowest BCUT2D eigenvalue weighted by molar-refractivity contribution is -0.135. The van der Waals surface area contributed by atoms with Crippen molar-refractivity contribution in [1.29, 1.82) is 0 Å². The van der Waals surface area contributed by atoms with Crippen molar-refractivity contribution in [3.05, 3.63) is 0 Å². The molecule has 0 spiro atoms. The zero-order chi connectivity index (χ0) is 17.6. The van der Waals surface area contributed by atoms with E-state index in [1.807, 2.05) is 32.6 Å². The van der Waals surface area contributed by atoms with Gasteiger partial charge in [0.15, 0.2) is 5.96 Å². The Morgan fingerprint density at radius 3 is 2.00 bits per heavy atom. The van der Waals surface area contributed by atoms with Crippen LogP contribution in [0.2, 0.25) is 0 Å². The van der Waals surface area contributed by atoms with Crippen LogP contribution in [0, 0.1) is 5.92 Å². The van der Waals surface area contributed by atoms with Crippen LogP contribution in [-0.4, -0.2) is 85.3 Å². The second-order valence-corrected chi connectivity index (χ2v) is 6.69. The molecule has 1 aliphatic heterocycles. The van der Waals surface area contributed by atoms with Crippen molar-refractivity contribution >= 4 is 17.8 Å². The van der Waals surface area contributed by atoms with Crippen molar-refractivity contribution in [2.75, 3.05) is 46.8 Å². The number of aliphatic imine (C=N–C) groups is 1. The number of piperazine rings is 1. The van der Waals surface area contributed by atoms with E-state index in [2.05, 4.69) is 15.2 Å². The van der Waals surface area contributed by atoms with Crippen molar-refractivity contribution in [3.63, 3.8) is 0 Å². The molecule has 1 heterocycles. The van der Waals surface area contributed by atoms with Gasteiger partial charge in [0.25, 0.3) is 0 Å². The van der Waals surface area contributed by atoms with Gasteiger partial charge in [-0.15, -0.1) is 0 Å². The molecule has 0 aromatic rings. The fourth-order valence-corrected chi connectivity index (χ4v) is 2.28. The van der Waals surface area contributed by atoms with E-state index < -0.39 is 0 Å². The number of nitrogens with zero attached hydrogens (tertiary/aromatic N) is 4. The molecule has 132 valence electrons. The third kappa shape index (κ3) is 6.08. The van der Waals surface area contributed by atoms with Gasteiger partial charge in [-0.1, -0.05) is 13.8 Å². The average Bonchev–Trinajstić information content (AvgIpc) is 2.49. The lowest BCUT2D eigenvalue weighted by Gasteiger charge is -2.37. The van der Waals surface area contributed by atoms with E-state index in [-0.39, 0.29) is 30.3 Å². The van der Waals surface area contributed by atoms with Gasteiger partial charge in [0, 0.05) is 52.2 Å². The zero-order valence-electron chi connectivity index (χ0n) is 15.3. The summed E-state index contributed by atoms with van der Waals surface area (Å²) < 4.78 is 0. The highest BCUT2D eigenvalue weighted by Crippen LogP contribution is 2.07. The highest BCUT2D eigenvalue weighted by Gasteiger charge is 2.24. The lowest BCUT2D eigenvalue weighted by atomic mass is 10.1. The molecule has 1 aliphatic rings. The monoisotopic (exact) mass is 325 g/mol. The molecule has 0 aromatic heterocycles. The van der Waals surface area contributed by atoms with Gasteiger partial charge in [0.1, 0.15) is 6.54 Å². The van der Waals surface area contributed by atoms with Gasteiger partial charge in [-0.2, -0.15) is 0 Å². The predicted octanol–water partition coefficient (Wildman–Crippen LogP) is 0.229. The Morgan fingerprint density at radius 2 is 1.57 bits per heavy atom. The first-order valence-electron chi connectivity index (χ1n) is 8.27. The highest BCUT2D eigenvalue weighted by atomic mass is 16.2. The van der Waals surface area contributed by atoms with E-state index in [9.17, 15) is 9.59 Å². The molecule has 1 rings (SSSR count). The van der Waals surface area contributed by atoms with Crippen molar-refractivity contribution in [2.24, 2.45) is 10.9 Å². The summed E-state index contributed by atoms with van der Waals surface area (Å²) in [7, 11) is 3.45. The summed E-state index contributed by atoms with van der Waals surface area (Å²) in [6.45, 7) is 10.9. The fraction of sp³-hybridized carbons (Fsp3) is 0.812. The Morgan fingerprint density at radius 1 is 1.04 bits per heavy atom.